The van der Waals surface area contributed by atoms with Gasteiger partial charge in [0.05, 0.1) is 21.7 Å². The van der Waals surface area contributed by atoms with Gasteiger partial charge in [0.15, 0.2) is 5.13 Å². The van der Waals surface area contributed by atoms with Crippen molar-refractivity contribution < 1.29 is 27.1 Å². The van der Waals surface area contributed by atoms with Gasteiger partial charge >= 0.3 is 7.12 Å². The molecule has 1 aliphatic rings. The number of aromatic nitrogens is 1. The Morgan fingerprint density at radius 3 is 2.35 bits per heavy atom. The van der Waals surface area contributed by atoms with Gasteiger partial charge in [-0.25, -0.2) is 4.98 Å². The van der Waals surface area contributed by atoms with Crippen LogP contribution in [-0.2, 0) is 9.31 Å². The van der Waals surface area contributed by atoms with Crippen LogP contribution in [0.25, 0.3) is 0 Å². The van der Waals surface area contributed by atoms with Crippen LogP contribution < -0.4 is 9.68 Å². The van der Waals surface area contributed by atoms with E-state index in [2.05, 4.69) is 4.98 Å². The smallest absolute Gasteiger partial charge is 0.399 e. The Morgan fingerprint density at radius 1 is 1.25 bits per heavy atom. The summed E-state index contributed by atoms with van der Waals surface area (Å²) in [6.07, 6.45) is 0. The molecule has 1 aliphatic heterocycles. The van der Waals surface area contributed by atoms with Gasteiger partial charge in [-0.2, -0.15) is 0 Å². The maximum atomic E-state index is 8.08. The SMILES string of the molecule is [2H]C([2H])([2H])c1nc(N(C([2H])([2H])C([2H])([2H])[2H])C([2H])([2H])C([2H])([2H])[2H])sc1B1OC(C)(C)C(C)(C)O1. The summed E-state index contributed by atoms with van der Waals surface area (Å²) in [6.45, 7) is -10.2. The van der Waals surface area contributed by atoms with Crippen LogP contribution in [0, 0.1) is 6.85 Å². The lowest BCUT2D eigenvalue weighted by molar-refractivity contribution is 0.00578. The summed E-state index contributed by atoms with van der Waals surface area (Å²) < 4.78 is 113. The van der Waals surface area contributed by atoms with Gasteiger partial charge in [0, 0.05) is 30.8 Å². The van der Waals surface area contributed by atoms with Crippen molar-refractivity contribution in [1.82, 2.24) is 4.98 Å². The van der Waals surface area contributed by atoms with Gasteiger partial charge in [0.1, 0.15) is 0 Å². The highest BCUT2D eigenvalue weighted by atomic mass is 32.1. The van der Waals surface area contributed by atoms with E-state index in [0.29, 0.717) is 11.3 Å². The highest BCUT2D eigenvalue weighted by Gasteiger charge is 2.52. The molecule has 1 aromatic heterocycles. The third kappa shape index (κ3) is 2.61. The van der Waals surface area contributed by atoms with Crippen molar-refractivity contribution in [3.05, 3.63) is 5.69 Å². The number of hydrogen-bond donors (Lipinski definition) is 0. The van der Waals surface area contributed by atoms with Gasteiger partial charge in [-0.15, -0.1) is 11.3 Å². The van der Waals surface area contributed by atoms with E-state index in [1.165, 1.54) is 0 Å². The molecule has 112 valence electrons. The first kappa shape index (κ1) is 5.90. The number of aryl methyl sites for hydroxylation is 1. The second-order valence-corrected chi connectivity index (χ2v) is 6.37. The zero-order valence-electron chi connectivity index (χ0n) is 24.7. The average Bonchev–Trinajstić information content (AvgIpc) is 3.03. The summed E-state index contributed by atoms with van der Waals surface area (Å²) in [5.74, 6) is 0. The average molecular weight is 309 g/mol. The first-order valence-electron chi connectivity index (χ1n) is 12.4. The number of nitrogens with zero attached hydrogens (tertiary/aromatic N) is 2. The van der Waals surface area contributed by atoms with Gasteiger partial charge in [-0.05, 0) is 48.3 Å². The molecule has 0 spiro atoms. The van der Waals surface area contributed by atoms with Crippen molar-refractivity contribution in [1.29, 1.82) is 0 Å². The summed E-state index contributed by atoms with van der Waals surface area (Å²) in [7, 11) is -1.30. The van der Waals surface area contributed by atoms with E-state index in [4.69, 9.17) is 27.1 Å². The molecular weight excluding hydrogens is 271 g/mol. The van der Waals surface area contributed by atoms with Gasteiger partial charge < -0.3 is 14.2 Å². The molecule has 0 N–H and O–H groups in total. The molecule has 0 bridgehead atoms. The van der Waals surface area contributed by atoms with Crippen LogP contribution in [0.4, 0.5) is 5.13 Å². The fraction of sp³-hybridized carbons (Fsp3) is 0.786. The summed E-state index contributed by atoms with van der Waals surface area (Å²) in [4.78, 5) is 3.69. The molecule has 2 rings (SSSR count). The predicted octanol–water partition coefficient (Wildman–Crippen LogP) is 2.60. The highest BCUT2D eigenvalue weighted by molar-refractivity contribution is 7.25. The first-order valence-corrected chi connectivity index (χ1v) is 6.76. The van der Waals surface area contributed by atoms with Gasteiger partial charge in [0.25, 0.3) is 0 Å². The van der Waals surface area contributed by atoms with E-state index in [-0.39, 0.29) is 9.68 Å². The Hall–Kier alpha value is -0.585. The quantitative estimate of drug-likeness (QED) is 0.801. The number of hydrogen-bond acceptors (Lipinski definition) is 5. The van der Waals surface area contributed by atoms with Crippen LogP contribution in [-0.4, -0.2) is 36.3 Å². The van der Waals surface area contributed by atoms with Crippen LogP contribution in [0.15, 0.2) is 0 Å². The van der Waals surface area contributed by atoms with E-state index < -0.39 is 62.7 Å². The zero-order valence-corrected chi connectivity index (χ0v) is 12.5. The third-order valence-corrected chi connectivity index (χ3v) is 4.59. The molecule has 1 aromatic rings. The summed E-state index contributed by atoms with van der Waals surface area (Å²) in [6, 6.07) is 0. The largest absolute Gasteiger partial charge is 0.507 e. The van der Waals surface area contributed by atoms with Gasteiger partial charge in [0.2, 0.25) is 0 Å². The minimum Gasteiger partial charge on any atom is -0.399 e. The lowest BCUT2D eigenvalue weighted by Gasteiger charge is -2.32. The normalized spacial score (nSPS) is 33.4. The molecule has 1 fully saturated rings. The molecule has 0 aliphatic carbocycles. The van der Waals surface area contributed by atoms with E-state index in [1.54, 1.807) is 27.7 Å². The van der Waals surface area contributed by atoms with Crippen molar-refractivity contribution >= 4 is 28.4 Å². The minimum absolute atomic E-state index is 0.130. The lowest BCUT2D eigenvalue weighted by atomic mass is 9.86. The zero-order chi connectivity index (χ0) is 26.2. The molecule has 0 radical (unpaired) electrons. The molecule has 0 amide bonds. The Kier molecular flexibility index (Phi) is 1.57. The molecule has 1 saturated heterocycles. The summed E-state index contributed by atoms with van der Waals surface area (Å²) in [5.41, 5.74) is -2.42. The van der Waals surface area contributed by atoms with Crippen molar-refractivity contribution in [2.24, 2.45) is 0 Å². The van der Waals surface area contributed by atoms with Crippen LogP contribution in [0.3, 0.4) is 0 Å². The first-order chi connectivity index (χ1) is 14.3. The minimum atomic E-state index is -3.57. The Morgan fingerprint density at radius 2 is 1.85 bits per heavy atom. The molecule has 20 heavy (non-hydrogen) atoms. The van der Waals surface area contributed by atoms with Crippen LogP contribution in [0.1, 0.15) is 64.9 Å². The fourth-order valence-electron chi connectivity index (χ4n) is 1.65. The van der Waals surface area contributed by atoms with Crippen molar-refractivity contribution in [3.63, 3.8) is 0 Å². The molecule has 6 heteroatoms. The van der Waals surface area contributed by atoms with Gasteiger partial charge in [-0.1, -0.05) is 0 Å². The monoisotopic (exact) mass is 309 g/mol. The maximum absolute atomic E-state index is 8.08. The maximum Gasteiger partial charge on any atom is 0.507 e. The van der Waals surface area contributed by atoms with Crippen LogP contribution >= 0.6 is 11.3 Å². The molecule has 4 nitrogen and oxygen atoms in total. The van der Waals surface area contributed by atoms with Gasteiger partial charge in [-0.3, -0.25) is 0 Å². The van der Waals surface area contributed by atoms with E-state index in [9.17, 15) is 0 Å². The van der Waals surface area contributed by atoms with Crippen molar-refractivity contribution in [3.8, 4) is 0 Å². The fourth-order valence-corrected chi connectivity index (χ4v) is 2.50. The second-order valence-electron chi connectivity index (χ2n) is 5.36. The van der Waals surface area contributed by atoms with Crippen molar-refractivity contribution in [2.45, 2.75) is 59.5 Å². The highest BCUT2D eigenvalue weighted by Crippen LogP contribution is 2.37. The number of rotatable bonds is 4. The Bertz CT molecular complexity index is 849. The second kappa shape index (κ2) is 5.32. The van der Waals surface area contributed by atoms with Crippen LogP contribution in [0.5, 0.6) is 0 Å². The number of anilines is 1. The Balaban J connectivity index is 2.80. The molecule has 0 unspecified atom stereocenters. The van der Waals surface area contributed by atoms with Crippen molar-refractivity contribution in [2.75, 3.05) is 17.9 Å². The topological polar surface area (TPSA) is 34.6 Å². The molecule has 0 saturated carbocycles. The standard InChI is InChI=1S/C14H25BN2O2S/c1-8-17(9-2)12-16-10(3)11(20-12)15-18-13(4,5)14(6,7)19-15/h8-9H2,1-7H3/i1D3,2D3,3D3,8D2,9D2. The summed E-state index contributed by atoms with van der Waals surface area (Å²) >= 11 is 0.404. The number of thiazole rings is 1. The lowest BCUT2D eigenvalue weighted by Crippen LogP contribution is -2.41. The van der Waals surface area contributed by atoms with Crippen LogP contribution in [0.2, 0.25) is 0 Å². The molecule has 0 atom stereocenters. The third-order valence-electron chi connectivity index (χ3n) is 3.52. The Labute approximate surface area is 144 Å². The summed E-state index contributed by atoms with van der Waals surface area (Å²) in [5, 5.41) is -0.784. The molecular formula is C14H25BN2O2S. The van der Waals surface area contributed by atoms with E-state index in [1.807, 2.05) is 0 Å². The van der Waals surface area contributed by atoms with E-state index in [0.717, 1.165) is 0 Å². The molecule has 0 aromatic carbocycles. The predicted molar refractivity (Wildman–Crippen MR) is 86.1 cm³/mol. The van der Waals surface area contributed by atoms with E-state index >= 15 is 0 Å². The molecule has 2 heterocycles.